The second-order valence-corrected chi connectivity index (χ2v) is 7.17. The highest BCUT2D eigenvalue weighted by molar-refractivity contribution is 9.10. The fourth-order valence-corrected chi connectivity index (χ4v) is 2.98. The predicted molar refractivity (Wildman–Crippen MR) is 115 cm³/mol. The lowest BCUT2D eigenvalue weighted by Crippen LogP contribution is -2.30. The Bertz CT molecular complexity index is 930. The SMILES string of the molecule is CCCOc1c(Br)cc(C(=O)OC(C)C(=O)Nc2ccc(C(N)=O)cc2)cc1OC. The summed E-state index contributed by atoms with van der Waals surface area (Å²) in [5.41, 5.74) is 6.14. The highest BCUT2D eigenvalue weighted by Gasteiger charge is 2.22. The van der Waals surface area contributed by atoms with Crippen LogP contribution in [0.25, 0.3) is 0 Å². The lowest BCUT2D eigenvalue weighted by molar-refractivity contribution is -0.123. The Kier molecular flexibility index (Phi) is 8.23. The number of ether oxygens (including phenoxy) is 3. The second-order valence-electron chi connectivity index (χ2n) is 6.32. The molecule has 160 valence electrons. The maximum Gasteiger partial charge on any atom is 0.339 e. The number of esters is 1. The number of carbonyl (C=O) groups excluding carboxylic acids is 3. The van der Waals surface area contributed by atoms with Crippen LogP contribution in [0.2, 0.25) is 0 Å². The normalized spacial score (nSPS) is 11.3. The monoisotopic (exact) mass is 478 g/mol. The summed E-state index contributed by atoms with van der Waals surface area (Å²) in [7, 11) is 1.47. The van der Waals surface area contributed by atoms with Crippen molar-refractivity contribution in [3.63, 3.8) is 0 Å². The summed E-state index contributed by atoms with van der Waals surface area (Å²) in [5.74, 6) is -0.924. The van der Waals surface area contributed by atoms with E-state index in [1.54, 1.807) is 6.07 Å². The molecule has 1 unspecified atom stereocenters. The highest BCUT2D eigenvalue weighted by atomic mass is 79.9. The quantitative estimate of drug-likeness (QED) is 0.532. The minimum absolute atomic E-state index is 0.202. The van der Waals surface area contributed by atoms with E-state index < -0.39 is 23.9 Å². The van der Waals surface area contributed by atoms with E-state index in [2.05, 4.69) is 21.2 Å². The number of methoxy groups -OCH3 is 1. The third-order valence-electron chi connectivity index (χ3n) is 4.01. The second kappa shape index (κ2) is 10.6. The van der Waals surface area contributed by atoms with Gasteiger partial charge in [-0.2, -0.15) is 0 Å². The van der Waals surface area contributed by atoms with E-state index in [4.69, 9.17) is 19.9 Å². The molecule has 0 saturated heterocycles. The van der Waals surface area contributed by atoms with Crippen LogP contribution in [0.5, 0.6) is 11.5 Å². The number of nitrogens with one attached hydrogen (secondary N) is 1. The van der Waals surface area contributed by atoms with Crippen LogP contribution in [0.15, 0.2) is 40.9 Å². The summed E-state index contributed by atoms with van der Waals surface area (Å²) >= 11 is 3.37. The van der Waals surface area contributed by atoms with Crippen LogP contribution >= 0.6 is 15.9 Å². The highest BCUT2D eigenvalue weighted by Crippen LogP contribution is 2.37. The van der Waals surface area contributed by atoms with Gasteiger partial charge in [-0.25, -0.2) is 4.79 Å². The molecule has 9 heteroatoms. The van der Waals surface area contributed by atoms with Crippen molar-refractivity contribution in [1.29, 1.82) is 0 Å². The van der Waals surface area contributed by atoms with Crippen molar-refractivity contribution in [1.82, 2.24) is 0 Å². The molecule has 0 spiro atoms. The van der Waals surface area contributed by atoms with Gasteiger partial charge in [-0.15, -0.1) is 0 Å². The number of amides is 2. The van der Waals surface area contributed by atoms with Crippen molar-refractivity contribution in [3.8, 4) is 11.5 Å². The number of primary amides is 1. The zero-order valence-electron chi connectivity index (χ0n) is 16.9. The first kappa shape index (κ1) is 23.2. The van der Waals surface area contributed by atoms with Crippen LogP contribution in [-0.2, 0) is 9.53 Å². The Morgan fingerprint density at radius 2 is 1.80 bits per heavy atom. The maximum absolute atomic E-state index is 12.5. The molecular weight excluding hydrogens is 456 g/mol. The molecule has 2 rings (SSSR count). The number of anilines is 1. The summed E-state index contributed by atoms with van der Waals surface area (Å²) < 4.78 is 16.7. The van der Waals surface area contributed by atoms with Crippen LogP contribution in [0.3, 0.4) is 0 Å². The molecule has 3 N–H and O–H groups in total. The van der Waals surface area contributed by atoms with E-state index in [1.165, 1.54) is 44.4 Å². The molecule has 1 atom stereocenters. The minimum atomic E-state index is -1.06. The molecule has 0 aromatic heterocycles. The summed E-state index contributed by atoms with van der Waals surface area (Å²) in [6.45, 7) is 3.93. The van der Waals surface area contributed by atoms with Gasteiger partial charge in [-0.05, 0) is 65.7 Å². The first-order valence-corrected chi connectivity index (χ1v) is 9.98. The number of halogens is 1. The zero-order chi connectivity index (χ0) is 22.3. The largest absolute Gasteiger partial charge is 0.493 e. The number of hydrogen-bond acceptors (Lipinski definition) is 6. The standard InChI is InChI=1S/C21H23BrN2O6/c1-4-9-29-18-16(22)10-14(11-17(18)28-3)21(27)30-12(2)20(26)24-15-7-5-13(6-8-15)19(23)25/h5-8,10-12H,4,9H2,1-3H3,(H2,23,25)(H,24,26). The van der Waals surface area contributed by atoms with E-state index in [0.29, 0.717) is 33.8 Å². The van der Waals surface area contributed by atoms with E-state index >= 15 is 0 Å². The average Bonchev–Trinajstić information content (AvgIpc) is 2.72. The first-order valence-electron chi connectivity index (χ1n) is 9.18. The summed E-state index contributed by atoms with van der Waals surface area (Å²) in [4.78, 5) is 35.9. The van der Waals surface area contributed by atoms with Gasteiger partial charge in [0.2, 0.25) is 5.91 Å². The zero-order valence-corrected chi connectivity index (χ0v) is 18.4. The Morgan fingerprint density at radius 3 is 2.37 bits per heavy atom. The fourth-order valence-electron chi connectivity index (χ4n) is 2.43. The van der Waals surface area contributed by atoms with Crippen molar-refractivity contribution >= 4 is 39.4 Å². The van der Waals surface area contributed by atoms with Gasteiger partial charge in [-0.1, -0.05) is 6.92 Å². The molecule has 0 aliphatic rings. The Morgan fingerprint density at radius 1 is 1.13 bits per heavy atom. The molecule has 0 radical (unpaired) electrons. The lowest BCUT2D eigenvalue weighted by atomic mass is 10.2. The molecule has 8 nitrogen and oxygen atoms in total. The van der Waals surface area contributed by atoms with E-state index in [-0.39, 0.29) is 5.56 Å². The third kappa shape index (κ3) is 5.96. The minimum Gasteiger partial charge on any atom is -0.493 e. The number of benzene rings is 2. The van der Waals surface area contributed by atoms with Crippen LogP contribution in [0.1, 0.15) is 41.0 Å². The van der Waals surface area contributed by atoms with Gasteiger partial charge < -0.3 is 25.3 Å². The van der Waals surface area contributed by atoms with Gasteiger partial charge in [0.15, 0.2) is 17.6 Å². The molecule has 0 aliphatic heterocycles. The van der Waals surface area contributed by atoms with Gasteiger partial charge in [-0.3, -0.25) is 9.59 Å². The molecule has 30 heavy (non-hydrogen) atoms. The first-order chi connectivity index (χ1) is 14.3. The van der Waals surface area contributed by atoms with Crippen molar-refractivity contribution in [3.05, 3.63) is 52.0 Å². The van der Waals surface area contributed by atoms with Crippen LogP contribution in [0.4, 0.5) is 5.69 Å². The predicted octanol–water partition coefficient (Wildman–Crippen LogP) is 3.53. The van der Waals surface area contributed by atoms with Gasteiger partial charge in [0.1, 0.15) is 0 Å². The van der Waals surface area contributed by atoms with E-state index in [9.17, 15) is 14.4 Å². The van der Waals surface area contributed by atoms with Crippen molar-refractivity contribution in [2.24, 2.45) is 5.73 Å². The molecule has 0 fully saturated rings. The lowest BCUT2D eigenvalue weighted by Gasteiger charge is -2.16. The number of carbonyl (C=O) groups is 3. The van der Waals surface area contributed by atoms with Crippen molar-refractivity contribution in [2.75, 3.05) is 19.0 Å². The van der Waals surface area contributed by atoms with Crippen LogP contribution < -0.4 is 20.5 Å². The number of rotatable bonds is 9. The fraction of sp³-hybridized carbons (Fsp3) is 0.286. The van der Waals surface area contributed by atoms with Crippen LogP contribution in [0, 0.1) is 0 Å². The Labute approximate surface area is 182 Å². The van der Waals surface area contributed by atoms with E-state index in [1.807, 2.05) is 6.92 Å². The third-order valence-corrected chi connectivity index (χ3v) is 4.59. The van der Waals surface area contributed by atoms with Gasteiger partial charge in [0.05, 0.1) is 23.8 Å². The molecule has 0 heterocycles. The maximum atomic E-state index is 12.5. The van der Waals surface area contributed by atoms with Gasteiger partial charge >= 0.3 is 5.97 Å². The summed E-state index contributed by atoms with van der Waals surface area (Å²) in [6, 6.07) is 9.07. The van der Waals surface area contributed by atoms with Crippen molar-refractivity contribution < 1.29 is 28.6 Å². The molecule has 2 amide bonds. The van der Waals surface area contributed by atoms with Crippen molar-refractivity contribution in [2.45, 2.75) is 26.4 Å². The molecule has 2 aromatic carbocycles. The Balaban J connectivity index is 2.06. The van der Waals surface area contributed by atoms with Gasteiger partial charge in [0.25, 0.3) is 5.91 Å². The topological polar surface area (TPSA) is 117 Å². The Hall–Kier alpha value is -3.07. The summed E-state index contributed by atoms with van der Waals surface area (Å²) in [6.07, 6.45) is -0.244. The smallest absolute Gasteiger partial charge is 0.339 e. The molecule has 2 aromatic rings. The van der Waals surface area contributed by atoms with Gasteiger partial charge in [0, 0.05) is 11.3 Å². The molecule has 0 bridgehead atoms. The number of nitrogens with two attached hydrogens (primary N) is 1. The van der Waals surface area contributed by atoms with Crippen LogP contribution in [-0.4, -0.2) is 37.6 Å². The average molecular weight is 479 g/mol. The van der Waals surface area contributed by atoms with E-state index in [0.717, 1.165) is 6.42 Å². The molecular formula is C21H23BrN2O6. The number of hydrogen-bond donors (Lipinski definition) is 2. The summed E-state index contributed by atoms with van der Waals surface area (Å²) in [5, 5.41) is 2.61. The molecule has 0 aliphatic carbocycles. The molecule has 0 saturated carbocycles.